The van der Waals surface area contributed by atoms with E-state index in [2.05, 4.69) is 4.98 Å². The summed E-state index contributed by atoms with van der Waals surface area (Å²) >= 11 is 5.71. The average molecular weight is 341 g/mol. The van der Waals surface area contributed by atoms with Crippen LogP contribution in [0.15, 0.2) is 47.6 Å². The molecule has 1 saturated heterocycles. The van der Waals surface area contributed by atoms with Crippen LogP contribution in [0.25, 0.3) is 0 Å². The molecule has 1 unspecified atom stereocenters. The average Bonchev–Trinajstić information content (AvgIpc) is 3.01. The molecule has 2 heterocycles. The van der Waals surface area contributed by atoms with Gasteiger partial charge in [-0.05, 0) is 42.7 Å². The topological polar surface area (TPSA) is 50.3 Å². The van der Waals surface area contributed by atoms with Gasteiger partial charge in [0, 0.05) is 18.9 Å². The molecule has 0 radical (unpaired) electrons. The molecule has 1 aliphatic heterocycles. The van der Waals surface area contributed by atoms with Crippen LogP contribution < -0.4 is 0 Å². The third-order valence-corrected chi connectivity index (χ3v) is 5.96. The van der Waals surface area contributed by atoms with E-state index < -0.39 is 15.8 Å². The van der Waals surface area contributed by atoms with E-state index in [1.54, 1.807) is 18.5 Å². The van der Waals surface area contributed by atoms with Gasteiger partial charge in [-0.25, -0.2) is 12.8 Å². The molecule has 1 aliphatic rings. The summed E-state index contributed by atoms with van der Waals surface area (Å²) in [5.41, 5.74) is 0.858. The minimum Gasteiger partial charge on any atom is -0.264 e. The third-order valence-electron chi connectivity index (χ3n) is 3.77. The minimum absolute atomic E-state index is 0.00897. The maximum absolute atomic E-state index is 13.3. The molecular weight excluding hydrogens is 327 g/mol. The number of sulfonamides is 1. The molecule has 116 valence electrons. The molecule has 0 bridgehead atoms. The first-order chi connectivity index (χ1) is 10.5. The van der Waals surface area contributed by atoms with Crippen molar-refractivity contribution in [3.8, 4) is 0 Å². The summed E-state index contributed by atoms with van der Waals surface area (Å²) in [7, 11) is -3.72. The Hall–Kier alpha value is -1.50. The van der Waals surface area contributed by atoms with Crippen molar-refractivity contribution >= 4 is 21.6 Å². The first-order valence-electron chi connectivity index (χ1n) is 6.87. The van der Waals surface area contributed by atoms with E-state index in [1.165, 1.54) is 10.4 Å². The number of rotatable bonds is 3. The Balaban J connectivity index is 1.99. The molecule has 0 aliphatic carbocycles. The lowest BCUT2D eigenvalue weighted by Crippen LogP contribution is -2.30. The maximum Gasteiger partial charge on any atom is 0.243 e. The highest BCUT2D eigenvalue weighted by Crippen LogP contribution is 2.36. The molecule has 0 amide bonds. The Morgan fingerprint density at radius 1 is 1.32 bits per heavy atom. The monoisotopic (exact) mass is 340 g/mol. The molecule has 1 fully saturated rings. The Labute approximate surface area is 133 Å². The normalized spacial score (nSPS) is 19.5. The van der Waals surface area contributed by atoms with Crippen LogP contribution in [0.3, 0.4) is 0 Å². The predicted octanol–water partition coefficient (Wildman–Crippen LogP) is 3.40. The molecule has 22 heavy (non-hydrogen) atoms. The van der Waals surface area contributed by atoms with Gasteiger partial charge in [0.05, 0.1) is 16.0 Å². The van der Waals surface area contributed by atoms with E-state index >= 15 is 0 Å². The van der Waals surface area contributed by atoms with E-state index in [0.29, 0.717) is 6.54 Å². The molecular formula is C15H14ClFN2O2S. The van der Waals surface area contributed by atoms with Gasteiger partial charge in [0.25, 0.3) is 0 Å². The van der Waals surface area contributed by atoms with Crippen molar-refractivity contribution in [1.82, 2.24) is 9.29 Å². The molecule has 1 aromatic heterocycles. The van der Waals surface area contributed by atoms with Crippen molar-refractivity contribution in [3.05, 3.63) is 59.1 Å². The molecule has 1 aromatic carbocycles. The van der Waals surface area contributed by atoms with Crippen molar-refractivity contribution in [2.45, 2.75) is 23.8 Å². The number of nitrogens with zero attached hydrogens (tertiary/aromatic N) is 2. The van der Waals surface area contributed by atoms with Gasteiger partial charge in [0.1, 0.15) is 5.82 Å². The van der Waals surface area contributed by atoms with Gasteiger partial charge in [-0.15, -0.1) is 0 Å². The summed E-state index contributed by atoms with van der Waals surface area (Å²) < 4.78 is 40.3. The highest BCUT2D eigenvalue weighted by molar-refractivity contribution is 7.89. The number of benzene rings is 1. The van der Waals surface area contributed by atoms with Gasteiger partial charge < -0.3 is 0 Å². The standard InChI is InChI=1S/C15H14ClFN2O2S/c16-13-9-12(5-6-14(13)17)22(20,21)19-8-2-4-15(19)11-3-1-7-18-10-11/h1,3,5-7,9-10,15H,2,4,8H2. The van der Waals surface area contributed by atoms with E-state index in [1.807, 2.05) is 6.07 Å². The summed E-state index contributed by atoms with van der Waals surface area (Å²) in [6.45, 7) is 0.427. The highest BCUT2D eigenvalue weighted by Gasteiger charge is 2.36. The molecule has 7 heteroatoms. The van der Waals surface area contributed by atoms with Gasteiger partial charge >= 0.3 is 0 Å². The second-order valence-corrected chi connectivity index (χ2v) is 7.43. The second-order valence-electron chi connectivity index (χ2n) is 5.14. The van der Waals surface area contributed by atoms with Gasteiger partial charge in [-0.2, -0.15) is 4.31 Å². The van der Waals surface area contributed by atoms with Crippen LogP contribution >= 0.6 is 11.6 Å². The molecule has 3 rings (SSSR count). The number of halogens is 2. The Morgan fingerprint density at radius 2 is 2.14 bits per heavy atom. The highest BCUT2D eigenvalue weighted by atomic mass is 35.5. The quantitative estimate of drug-likeness (QED) is 0.860. The molecule has 0 spiro atoms. The zero-order chi connectivity index (χ0) is 15.7. The zero-order valence-electron chi connectivity index (χ0n) is 11.6. The van der Waals surface area contributed by atoms with Gasteiger partial charge in [-0.1, -0.05) is 17.7 Å². The molecule has 0 saturated carbocycles. The summed E-state index contributed by atoms with van der Waals surface area (Å²) in [6.07, 6.45) is 4.83. The van der Waals surface area contributed by atoms with Crippen molar-refractivity contribution in [3.63, 3.8) is 0 Å². The van der Waals surface area contributed by atoms with Crippen molar-refractivity contribution in [2.75, 3.05) is 6.54 Å². The fraction of sp³-hybridized carbons (Fsp3) is 0.267. The van der Waals surface area contributed by atoms with Gasteiger partial charge in [0.2, 0.25) is 10.0 Å². The molecule has 0 N–H and O–H groups in total. The van der Waals surface area contributed by atoms with Crippen LogP contribution in [0, 0.1) is 5.82 Å². The van der Waals surface area contributed by atoms with E-state index in [-0.39, 0.29) is 16.0 Å². The number of pyridine rings is 1. The lowest BCUT2D eigenvalue weighted by atomic mass is 10.1. The minimum atomic E-state index is -3.72. The Kier molecular flexibility index (Phi) is 4.16. The Bertz CT molecular complexity index is 783. The number of hydrogen-bond donors (Lipinski definition) is 0. The third kappa shape index (κ3) is 2.74. The van der Waals surface area contributed by atoms with Crippen molar-refractivity contribution in [1.29, 1.82) is 0 Å². The molecule has 2 aromatic rings. The van der Waals surface area contributed by atoms with Crippen LogP contribution in [0.1, 0.15) is 24.4 Å². The number of hydrogen-bond acceptors (Lipinski definition) is 3. The summed E-state index contributed by atoms with van der Waals surface area (Å²) in [4.78, 5) is 4.06. The van der Waals surface area contributed by atoms with Crippen LogP contribution in [0.4, 0.5) is 4.39 Å². The first-order valence-corrected chi connectivity index (χ1v) is 8.69. The van der Waals surface area contributed by atoms with Crippen LogP contribution in [-0.4, -0.2) is 24.3 Å². The SMILES string of the molecule is O=S(=O)(c1ccc(F)c(Cl)c1)N1CCCC1c1cccnc1. The Morgan fingerprint density at radius 3 is 2.82 bits per heavy atom. The van der Waals surface area contributed by atoms with Crippen LogP contribution in [0.2, 0.25) is 5.02 Å². The smallest absolute Gasteiger partial charge is 0.243 e. The van der Waals surface area contributed by atoms with Crippen LogP contribution in [-0.2, 0) is 10.0 Å². The maximum atomic E-state index is 13.3. The molecule has 4 nitrogen and oxygen atoms in total. The predicted molar refractivity (Wildman–Crippen MR) is 81.5 cm³/mol. The van der Waals surface area contributed by atoms with Gasteiger partial charge in [0.15, 0.2) is 0 Å². The van der Waals surface area contributed by atoms with Crippen LogP contribution in [0.5, 0.6) is 0 Å². The van der Waals surface area contributed by atoms with E-state index in [0.717, 1.165) is 30.5 Å². The largest absolute Gasteiger partial charge is 0.264 e. The molecule has 1 atom stereocenters. The fourth-order valence-electron chi connectivity index (χ4n) is 2.71. The van der Waals surface area contributed by atoms with Gasteiger partial charge in [-0.3, -0.25) is 4.98 Å². The first kappa shape index (κ1) is 15.4. The second kappa shape index (κ2) is 5.95. The van der Waals surface area contributed by atoms with Crippen molar-refractivity contribution in [2.24, 2.45) is 0 Å². The van der Waals surface area contributed by atoms with E-state index in [4.69, 9.17) is 11.6 Å². The summed E-state index contributed by atoms with van der Waals surface area (Å²) in [5, 5.41) is -0.196. The lowest BCUT2D eigenvalue weighted by Gasteiger charge is -2.24. The lowest BCUT2D eigenvalue weighted by molar-refractivity contribution is 0.396. The van der Waals surface area contributed by atoms with Crippen molar-refractivity contribution < 1.29 is 12.8 Å². The summed E-state index contributed by atoms with van der Waals surface area (Å²) in [6, 6.07) is 6.88. The van der Waals surface area contributed by atoms with E-state index in [9.17, 15) is 12.8 Å². The fourth-order valence-corrected chi connectivity index (χ4v) is 4.66. The summed E-state index contributed by atoms with van der Waals surface area (Å²) in [5.74, 6) is -0.633. The number of aromatic nitrogens is 1. The zero-order valence-corrected chi connectivity index (χ0v) is 13.2.